The Morgan fingerprint density at radius 3 is 2.75 bits per heavy atom. The average Bonchev–Trinajstić information content (AvgIpc) is 2.68. The minimum absolute atomic E-state index is 0.0729. The van der Waals surface area contributed by atoms with Crippen LogP contribution in [0.15, 0.2) is 39.5 Å². The Balaban J connectivity index is 2.17. The van der Waals surface area contributed by atoms with E-state index in [2.05, 4.69) is 21.2 Å². The lowest BCUT2D eigenvalue weighted by atomic mass is 10.2. The lowest BCUT2D eigenvalue weighted by molar-refractivity contribution is 0.102. The minimum atomic E-state index is -0.0729. The number of amides is 1. The number of benzene rings is 1. The second-order valence-corrected chi connectivity index (χ2v) is 5.70. The van der Waals surface area contributed by atoms with E-state index < -0.39 is 0 Å². The van der Waals surface area contributed by atoms with Crippen LogP contribution in [0.5, 0.6) is 0 Å². The zero-order valence-corrected chi connectivity index (χ0v) is 11.1. The quantitative estimate of drug-likeness (QED) is 0.889. The molecule has 82 valence electrons. The first-order valence-electron chi connectivity index (χ1n) is 4.78. The summed E-state index contributed by atoms with van der Waals surface area (Å²) in [5, 5.41) is 4.72. The first-order valence-corrected chi connectivity index (χ1v) is 6.45. The molecule has 0 saturated carbocycles. The third-order valence-electron chi connectivity index (χ3n) is 2.22. The smallest absolute Gasteiger partial charge is 0.256 e. The summed E-state index contributed by atoms with van der Waals surface area (Å²) in [7, 11) is 0. The van der Waals surface area contributed by atoms with Gasteiger partial charge in [-0.3, -0.25) is 4.79 Å². The Kier molecular flexibility index (Phi) is 3.41. The molecule has 1 aromatic carbocycles. The summed E-state index contributed by atoms with van der Waals surface area (Å²) in [5.41, 5.74) is 2.60. The van der Waals surface area contributed by atoms with Crippen molar-refractivity contribution in [1.29, 1.82) is 0 Å². The van der Waals surface area contributed by atoms with E-state index in [-0.39, 0.29) is 5.91 Å². The van der Waals surface area contributed by atoms with Crippen LogP contribution >= 0.6 is 27.3 Å². The van der Waals surface area contributed by atoms with Gasteiger partial charge in [0.05, 0.1) is 9.35 Å². The fourth-order valence-electron chi connectivity index (χ4n) is 1.34. The number of hydrogen-bond acceptors (Lipinski definition) is 2. The zero-order valence-electron chi connectivity index (χ0n) is 8.66. The van der Waals surface area contributed by atoms with Crippen LogP contribution in [-0.2, 0) is 0 Å². The van der Waals surface area contributed by atoms with Gasteiger partial charge in [-0.05, 0) is 40.5 Å². The molecule has 0 aliphatic rings. The van der Waals surface area contributed by atoms with Crippen LogP contribution in [0.4, 0.5) is 5.69 Å². The summed E-state index contributed by atoms with van der Waals surface area (Å²) in [6.45, 7) is 1.97. The van der Waals surface area contributed by atoms with Gasteiger partial charge < -0.3 is 5.32 Å². The summed E-state index contributed by atoms with van der Waals surface area (Å²) in [4.78, 5) is 11.9. The van der Waals surface area contributed by atoms with Gasteiger partial charge in [0.15, 0.2) is 0 Å². The van der Waals surface area contributed by atoms with Gasteiger partial charge in [0.2, 0.25) is 0 Å². The normalized spacial score (nSPS) is 10.1. The second kappa shape index (κ2) is 4.80. The van der Waals surface area contributed by atoms with E-state index in [0.717, 1.165) is 15.0 Å². The molecule has 0 aliphatic heterocycles. The largest absolute Gasteiger partial charge is 0.322 e. The van der Waals surface area contributed by atoms with Crippen LogP contribution in [0, 0.1) is 6.92 Å². The Morgan fingerprint density at radius 1 is 1.38 bits per heavy atom. The molecule has 1 aromatic heterocycles. The highest BCUT2D eigenvalue weighted by Crippen LogP contribution is 2.22. The van der Waals surface area contributed by atoms with Crippen LogP contribution in [0.1, 0.15) is 15.9 Å². The zero-order chi connectivity index (χ0) is 11.5. The molecule has 1 heterocycles. The van der Waals surface area contributed by atoms with Crippen LogP contribution in [0.3, 0.4) is 0 Å². The van der Waals surface area contributed by atoms with Gasteiger partial charge in [-0.15, -0.1) is 11.3 Å². The molecule has 0 saturated heterocycles. The van der Waals surface area contributed by atoms with Crippen molar-refractivity contribution in [1.82, 2.24) is 0 Å². The third kappa shape index (κ3) is 2.51. The summed E-state index contributed by atoms with van der Waals surface area (Å²) in [6.07, 6.45) is 0. The molecule has 0 unspecified atom stereocenters. The Morgan fingerprint density at radius 2 is 2.12 bits per heavy atom. The molecule has 2 nitrogen and oxygen atoms in total. The molecule has 2 rings (SSSR count). The number of anilines is 1. The van der Waals surface area contributed by atoms with E-state index in [9.17, 15) is 4.79 Å². The lowest BCUT2D eigenvalue weighted by Crippen LogP contribution is -2.11. The van der Waals surface area contributed by atoms with Crippen molar-refractivity contribution in [2.75, 3.05) is 5.32 Å². The Hall–Kier alpha value is -1.13. The molecule has 16 heavy (non-hydrogen) atoms. The van der Waals surface area contributed by atoms with Crippen molar-refractivity contribution >= 4 is 38.9 Å². The van der Waals surface area contributed by atoms with E-state index in [4.69, 9.17) is 0 Å². The van der Waals surface area contributed by atoms with Gasteiger partial charge in [-0.25, -0.2) is 0 Å². The molecule has 0 radical (unpaired) electrons. The molecule has 1 amide bonds. The van der Waals surface area contributed by atoms with Gasteiger partial charge in [-0.1, -0.05) is 18.2 Å². The van der Waals surface area contributed by atoms with Crippen molar-refractivity contribution in [2.24, 2.45) is 0 Å². The topological polar surface area (TPSA) is 29.1 Å². The highest BCUT2D eigenvalue weighted by molar-refractivity contribution is 9.11. The fourth-order valence-corrected chi connectivity index (χ4v) is 2.47. The Labute approximate surface area is 106 Å². The third-order valence-corrected chi connectivity index (χ3v) is 3.73. The molecule has 0 spiro atoms. The molecular formula is C12H10BrNOS. The molecule has 0 bridgehead atoms. The van der Waals surface area contributed by atoms with Crippen molar-refractivity contribution < 1.29 is 4.79 Å². The minimum Gasteiger partial charge on any atom is -0.322 e. The predicted molar refractivity (Wildman–Crippen MR) is 71.2 cm³/mol. The highest BCUT2D eigenvalue weighted by atomic mass is 79.9. The van der Waals surface area contributed by atoms with Crippen molar-refractivity contribution in [3.63, 3.8) is 0 Å². The average molecular weight is 296 g/mol. The van der Waals surface area contributed by atoms with E-state index in [0.29, 0.717) is 5.56 Å². The number of hydrogen-bond donors (Lipinski definition) is 1. The van der Waals surface area contributed by atoms with E-state index in [1.807, 2.05) is 42.6 Å². The van der Waals surface area contributed by atoms with Crippen molar-refractivity contribution in [3.8, 4) is 0 Å². The molecule has 0 aliphatic carbocycles. The monoisotopic (exact) mass is 295 g/mol. The number of nitrogens with one attached hydrogen (secondary N) is 1. The standard InChI is InChI=1S/C12H10BrNOS/c1-8-4-2-3-5-10(8)14-12(15)9-6-11(13)16-7-9/h2-7H,1H3,(H,14,15). The van der Waals surface area contributed by atoms with Crippen LogP contribution in [-0.4, -0.2) is 5.91 Å². The van der Waals surface area contributed by atoms with Gasteiger partial charge >= 0.3 is 0 Å². The summed E-state index contributed by atoms with van der Waals surface area (Å²) in [6, 6.07) is 9.55. The molecule has 4 heteroatoms. The predicted octanol–water partition coefficient (Wildman–Crippen LogP) is 4.07. The molecular weight excluding hydrogens is 286 g/mol. The first kappa shape index (κ1) is 11.4. The fraction of sp³-hybridized carbons (Fsp3) is 0.0833. The molecule has 1 N–H and O–H groups in total. The number of thiophene rings is 1. The number of aryl methyl sites for hydroxylation is 1. The van der Waals surface area contributed by atoms with Gasteiger partial charge in [0.25, 0.3) is 5.91 Å². The summed E-state index contributed by atoms with van der Waals surface area (Å²) in [5.74, 6) is -0.0729. The number of para-hydroxylation sites is 1. The number of carbonyl (C=O) groups excluding carboxylic acids is 1. The van der Waals surface area contributed by atoms with E-state index in [1.54, 1.807) is 0 Å². The SMILES string of the molecule is Cc1ccccc1NC(=O)c1csc(Br)c1. The second-order valence-electron chi connectivity index (χ2n) is 3.41. The summed E-state index contributed by atoms with van der Waals surface area (Å²) < 4.78 is 0.961. The van der Waals surface area contributed by atoms with E-state index in [1.165, 1.54) is 11.3 Å². The van der Waals surface area contributed by atoms with Gasteiger partial charge in [0, 0.05) is 11.1 Å². The number of rotatable bonds is 2. The maximum atomic E-state index is 11.9. The summed E-state index contributed by atoms with van der Waals surface area (Å²) >= 11 is 4.84. The molecule has 0 fully saturated rings. The van der Waals surface area contributed by atoms with Crippen LogP contribution in [0.25, 0.3) is 0 Å². The van der Waals surface area contributed by atoms with Crippen molar-refractivity contribution in [3.05, 3.63) is 50.6 Å². The first-order chi connectivity index (χ1) is 7.66. The van der Waals surface area contributed by atoms with Gasteiger partial charge in [0.1, 0.15) is 0 Å². The maximum absolute atomic E-state index is 11.9. The maximum Gasteiger partial charge on any atom is 0.256 e. The van der Waals surface area contributed by atoms with Gasteiger partial charge in [-0.2, -0.15) is 0 Å². The number of carbonyl (C=O) groups is 1. The lowest BCUT2D eigenvalue weighted by Gasteiger charge is -2.06. The highest BCUT2D eigenvalue weighted by Gasteiger charge is 2.08. The van der Waals surface area contributed by atoms with Crippen LogP contribution in [0.2, 0.25) is 0 Å². The molecule has 2 aromatic rings. The molecule has 0 atom stereocenters. The van der Waals surface area contributed by atoms with Crippen LogP contribution < -0.4 is 5.32 Å². The van der Waals surface area contributed by atoms with E-state index >= 15 is 0 Å². The number of halogens is 1. The van der Waals surface area contributed by atoms with Crippen molar-refractivity contribution in [2.45, 2.75) is 6.92 Å². The Bertz CT molecular complexity index is 521.